The number of nitrogens with two attached hydrogens (primary N) is 1. The minimum absolute atomic E-state index is 0.167. The molecule has 6 nitrogen and oxygen atoms in total. The number of benzene rings is 1. The predicted molar refractivity (Wildman–Crippen MR) is 93.6 cm³/mol. The Morgan fingerprint density at radius 2 is 2.08 bits per heavy atom. The Labute approximate surface area is 149 Å². The lowest BCUT2D eigenvalue weighted by molar-refractivity contribution is 0.585. The summed E-state index contributed by atoms with van der Waals surface area (Å²) in [5, 5.41) is 7.90. The number of aromatic amines is 1. The maximum Gasteiger partial charge on any atom is 0.187 e. The molecule has 0 bridgehead atoms. The van der Waals surface area contributed by atoms with Gasteiger partial charge in [0.15, 0.2) is 11.5 Å². The number of anilines is 1. The highest BCUT2D eigenvalue weighted by Crippen LogP contribution is 2.43. The number of aromatic nitrogens is 5. The van der Waals surface area contributed by atoms with Crippen LogP contribution in [0.15, 0.2) is 12.4 Å². The Morgan fingerprint density at radius 1 is 1.23 bits per heavy atom. The fourth-order valence-electron chi connectivity index (χ4n) is 2.73. The van der Waals surface area contributed by atoms with Crippen molar-refractivity contribution in [1.29, 1.82) is 0 Å². The maximum absolute atomic E-state index is 14.8. The number of nitrogens with zero attached hydrogens (tertiary/aromatic N) is 4. The van der Waals surface area contributed by atoms with Crippen LogP contribution in [0.2, 0.25) is 0 Å². The van der Waals surface area contributed by atoms with E-state index in [0.717, 1.165) is 17.8 Å². The van der Waals surface area contributed by atoms with Gasteiger partial charge in [-0.1, -0.05) is 5.92 Å². The monoisotopic (exact) mass is 368 g/mol. The molecule has 1 fully saturated rings. The second-order valence-corrected chi connectivity index (χ2v) is 7.09. The first-order chi connectivity index (χ1) is 12.6. The lowest BCUT2D eigenvalue weighted by Crippen LogP contribution is -1.93. The summed E-state index contributed by atoms with van der Waals surface area (Å²) in [6, 6.07) is 1.29. The van der Waals surface area contributed by atoms with Gasteiger partial charge in [0.2, 0.25) is 0 Å². The number of thiazole rings is 1. The molecule has 1 aliphatic rings. The van der Waals surface area contributed by atoms with Crippen molar-refractivity contribution >= 4 is 38.4 Å². The number of hydrogen-bond acceptors (Lipinski definition) is 6. The third kappa shape index (κ3) is 2.30. The predicted octanol–water partition coefficient (Wildman–Crippen LogP) is 3.10. The van der Waals surface area contributed by atoms with Crippen molar-refractivity contribution in [1.82, 2.24) is 25.1 Å². The van der Waals surface area contributed by atoms with Crippen LogP contribution in [0.3, 0.4) is 0 Å². The van der Waals surface area contributed by atoms with E-state index < -0.39 is 11.6 Å². The summed E-state index contributed by atoms with van der Waals surface area (Å²) < 4.78 is 29.7. The lowest BCUT2D eigenvalue weighted by atomic mass is 10.1. The molecule has 0 amide bonds. The normalized spacial score (nSPS) is 13.9. The highest BCUT2D eigenvalue weighted by Gasteiger charge is 2.28. The largest absolute Gasteiger partial charge is 0.383 e. The van der Waals surface area contributed by atoms with Gasteiger partial charge < -0.3 is 5.73 Å². The van der Waals surface area contributed by atoms with Crippen molar-refractivity contribution in [3.05, 3.63) is 40.3 Å². The minimum atomic E-state index is -0.747. The van der Waals surface area contributed by atoms with Crippen molar-refractivity contribution in [3.8, 4) is 11.8 Å². The third-order valence-electron chi connectivity index (χ3n) is 4.21. The summed E-state index contributed by atoms with van der Waals surface area (Å²) in [4.78, 5) is 12.2. The van der Waals surface area contributed by atoms with Gasteiger partial charge in [-0.3, -0.25) is 5.10 Å². The fourth-order valence-corrected chi connectivity index (χ4v) is 3.89. The number of fused-ring (bicyclic) bond motifs is 2. The average molecular weight is 368 g/mol. The Balaban J connectivity index is 1.64. The van der Waals surface area contributed by atoms with Gasteiger partial charge in [-0.15, -0.1) is 11.3 Å². The van der Waals surface area contributed by atoms with Crippen LogP contribution in [-0.4, -0.2) is 25.1 Å². The van der Waals surface area contributed by atoms with E-state index in [1.807, 2.05) is 0 Å². The van der Waals surface area contributed by atoms with E-state index in [-0.39, 0.29) is 16.9 Å². The van der Waals surface area contributed by atoms with Crippen molar-refractivity contribution in [3.63, 3.8) is 0 Å². The van der Waals surface area contributed by atoms with Gasteiger partial charge >= 0.3 is 0 Å². The fraction of sp³-hybridized carbons (Fsp3) is 0.176. The summed E-state index contributed by atoms with van der Waals surface area (Å²) in [6.45, 7) is 0. The first-order valence-electron chi connectivity index (χ1n) is 7.87. The second kappa shape index (κ2) is 5.44. The molecule has 5 rings (SSSR count). The molecule has 1 aliphatic carbocycles. The molecule has 3 aromatic heterocycles. The number of H-pyrrole nitrogens is 1. The van der Waals surface area contributed by atoms with Crippen molar-refractivity contribution < 1.29 is 8.78 Å². The Morgan fingerprint density at radius 3 is 2.88 bits per heavy atom. The van der Waals surface area contributed by atoms with E-state index in [9.17, 15) is 8.78 Å². The molecule has 0 spiro atoms. The number of halogens is 2. The van der Waals surface area contributed by atoms with E-state index in [1.165, 1.54) is 23.7 Å². The molecule has 0 unspecified atom stereocenters. The molecule has 1 aromatic carbocycles. The van der Waals surface area contributed by atoms with Crippen molar-refractivity contribution in [2.75, 3.05) is 5.73 Å². The molecule has 128 valence electrons. The van der Waals surface area contributed by atoms with Gasteiger partial charge in [0, 0.05) is 5.92 Å². The Hall–Kier alpha value is -3.12. The van der Waals surface area contributed by atoms with Crippen LogP contribution < -0.4 is 5.73 Å². The third-order valence-corrected chi connectivity index (χ3v) is 5.38. The quantitative estimate of drug-likeness (QED) is 0.504. The zero-order chi connectivity index (χ0) is 17.8. The molecule has 3 heterocycles. The molecule has 26 heavy (non-hydrogen) atoms. The molecule has 9 heteroatoms. The smallest absolute Gasteiger partial charge is 0.187 e. The van der Waals surface area contributed by atoms with E-state index in [4.69, 9.17) is 5.73 Å². The van der Waals surface area contributed by atoms with Crippen molar-refractivity contribution in [2.24, 2.45) is 0 Å². The number of hydrogen-bond donors (Lipinski definition) is 2. The van der Waals surface area contributed by atoms with Gasteiger partial charge in [0.1, 0.15) is 29.2 Å². The second-order valence-electron chi connectivity index (χ2n) is 6.03. The number of nitrogen functional groups attached to an aromatic ring is 1. The molecule has 3 N–H and O–H groups in total. The van der Waals surface area contributed by atoms with E-state index >= 15 is 0 Å². The Bertz CT molecular complexity index is 1250. The van der Waals surface area contributed by atoms with Crippen LogP contribution in [-0.2, 0) is 0 Å². The van der Waals surface area contributed by atoms with Crippen molar-refractivity contribution in [2.45, 2.75) is 18.8 Å². The number of nitrogens with one attached hydrogen (secondary N) is 1. The van der Waals surface area contributed by atoms with Crippen LogP contribution >= 0.6 is 11.3 Å². The van der Waals surface area contributed by atoms with Crippen LogP contribution in [0, 0.1) is 23.5 Å². The minimum Gasteiger partial charge on any atom is -0.383 e. The average Bonchev–Trinajstić information content (AvgIpc) is 3.24. The zero-order valence-corrected chi connectivity index (χ0v) is 14.0. The summed E-state index contributed by atoms with van der Waals surface area (Å²) in [6.07, 6.45) is 3.38. The summed E-state index contributed by atoms with van der Waals surface area (Å²) in [5.74, 6) is 4.32. The van der Waals surface area contributed by atoms with E-state index in [0.29, 0.717) is 27.3 Å². The lowest BCUT2D eigenvalue weighted by Gasteiger charge is -1.98. The highest BCUT2D eigenvalue weighted by molar-refractivity contribution is 7.18. The van der Waals surface area contributed by atoms with Crippen LogP contribution in [0.1, 0.15) is 35.0 Å². The molecule has 4 aromatic rings. The van der Waals surface area contributed by atoms with Crippen LogP contribution in [0.4, 0.5) is 14.6 Å². The first kappa shape index (κ1) is 15.2. The van der Waals surface area contributed by atoms with Gasteiger partial charge in [-0.25, -0.2) is 23.7 Å². The molecular formula is C17H10F2N6S. The summed E-state index contributed by atoms with van der Waals surface area (Å²) >= 11 is 1.34. The van der Waals surface area contributed by atoms with Gasteiger partial charge in [-0.2, -0.15) is 5.10 Å². The zero-order valence-electron chi connectivity index (χ0n) is 13.2. The highest BCUT2D eigenvalue weighted by atomic mass is 32.1. The molecule has 1 saturated carbocycles. The molecular weight excluding hydrogens is 358 g/mol. The SMILES string of the molecule is Nc1ncnc2n[nH]c(C#Cc3c(F)cc4sc(C5CC5)nc4c3F)c12. The van der Waals surface area contributed by atoms with Gasteiger partial charge in [0.25, 0.3) is 0 Å². The standard InChI is InChI=1S/C17H10F2N6S/c18-9-5-11-14(23-17(26-11)7-1-2-7)13(19)8(9)3-4-10-12-15(20)21-6-22-16(12)25-24-10/h5-7H,1-2H2,(H3,20,21,22,24,25). The van der Waals surface area contributed by atoms with Crippen LogP contribution in [0.25, 0.3) is 21.3 Å². The molecule has 0 atom stereocenters. The topological polar surface area (TPSA) is 93.4 Å². The summed E-state index contributed by atoms with van der Waals surface area (Å²) in [7, 11) is 0. The maximum atomic E-state index is 14.8. The van der Waals surface area contributed by atoms with Gasteiger partial charge in [0.05, 0.1) is 20.7 Å². The molecule has 0 saturated heterocycles. The molecule has 0 radical (unpaired) electrons. The number of rotatable bonds is 1. The Kier molecular flexibility index (Phi) is 3.17. The van der Waals surface area contributed by atoms with E-state index in [2.05, 4.69) is 37.0 Å². The van der Waals surface area contributed by atoms with Gasteiger partial charge in [-0.05, 0) is 24.8 Å². The summed E-state index contributed by atoms with van der Waals surface area (Å²) in [5.41, 5.74) is 6.28. The van der Waals surface area contributed by atoms with E-state index in [1.54, 1.807) is 0 Å². The first-order valence-corrected chi connectivity index (χ1v) is 8.68. The van der Waals surface area contributed by atoms with Crippen LogP contribution in [0.5, 0.6) is 0 Å². The molecule has 0 aliphatic heterocycles.